The molecule has 0 amide bonds. The largest absolute Gasteiger partial charge is 0.455 e. The Labute approximate surface area is 463 Å². The highest BCUT2D eigenvalue weighted by atomic mass is 16.5. The molecule has 3 aliphatic rings. The summed E-state index contributed by atoms with van der Waals surface area (Å²) in [7, 11) is 0. The van der Waals surface area contributed by atoms with Crippen molar-refractivity contribution in [3.05, 3.63) is 304 Å². The van der Waals surface area contributed by atoms with Gasteiger partial charge in [0.05, 0.1) is 22.2 Å². The minimum atomic E-state index is -0.728. The van der Waals surface area contributed by atoms with E-state index in [9.17, 15) is 0 Å². The summed E-state index contributed by atoms with van der Waals surface area (Å²) in [5.74, 6) is 1.67. The number of furan rings is 1. The van der Waals surface area contributed by atoms with Gasteiger partial charge in [0, 0.05) is 38.7 Å². The van der Waals surface area contributed by atoms with Crippen LogP contribution in [0.2, 0.25) is 0 Å². The fourth-order valence-electron chi connectivity index (χ4n) is 13.9. The molecule has 0 radical (unpaired) electrons. The summed E-state index contributed by atoms with van der Waals surface area (Å²) in [4.78, 5) is 2.48. The number of fused-ring (bicyclic) bond motifs is 15. The molecule has 11 aromatic carbocycles. The Morgan fingerprint density at radius 1 is 0.342 bits per heavy atom. The van der Waals surface area contributed by atoms with E-state index in [1.165, 1.54) is 66.8 Å². The Hall–Kier alpha value is -9.18. The molecule has 0 saturated heterocycles. The first-order chi connectivity index (χ1) is 38.5. The smallest absolute Gasteiger partial charge is 0.156 e. The van der Waals surface area contributed by atoms with Gasteiger partial charge < -0.3 is 14.1 Å². The average molecular weight is 1020 g/mol. The van der Waals surface area contributed by atoms with Crippen LogP contribution in [0.3, 0.4) is 0 Å². The first-order valence-corrected chi connectivity index (χ1v) is 27.8. The topological polar surface area (TPSA) is 25.6 Å². The summed E-state index contributed by atoms with van der Waals surface area (Å²) in [6.45, 7) is 14.0. The molecule has 2 heterocycles. The maximum atomic E-state index is 7.66. The van der Waals surface area contributed by atoms with E-state index in [0.29, 0.717) is 0 Å². The lowest BCUT2D eigenvalue weighted by atomic mass is 9.64. The molecule has 380 valence electrons. The molecule has 0 bridgehead atoms. The molecule has 0 saturated carbocycles. The fourth-order valence-corrected chi connectivity index (χ4v) is 13.9. The monoisotopic (exact) mass is 1020 g/mol. The fraction of sp³-hybridized carbons (Fsp3) is 0.132. The SMILES string of the molecule is CC(C)(C)c1ccc2c(c1)C1(c3ccccc3Oc3c(N(c4ccc5c(c4)C(c4ccccc4)(c4ccccc4)c4ccccc4-5)c4ccccc4-c4cccc5c4oc4ccccc45)cccc31)c1cc(C(C)(C)C)ccc1-2. The van der Waals surface area contributed by atoms with Crippen LogP contribution in [0.4, 0.5) is 17.1 Å². The lowest BCUT2D eigenvalue weighted by molar-refractivity contribution is 0.437. The summed E-state index contributed by atoms with van der Waals surface area (Å²) in [5.41, 5.74) is 22.5. The summed E-state index contributed by atoms with van der Waals surface area (Å²) >= 11 is 0. The van der Waals surface area contributed by atoms with E-state index >= 15 is 0 Å². The van der Waals surface area contributed by atoms with Gasteiger partial charge in [0.1, 0.15) is 16.9 Å². The van der Waals surface area contributed by atoms with Crippen molar-refractivity contribution in [1.29, 1.82) is 0 Å². The van der Waals surface area contributed by atoms with Crippen LogP contribution >= 0.6 is 0 Å². The quantitative estimate of drug-likeness (QED) is 0.166. The van der Waals surface area contributed by atoms with Gasteiger partial charge in [-0.05, 0) is 114 Å². The Bertz CT molecular complexity index is 4330. The molecular weight excluding hydrogens is 959 g/mol. The maximum Gasteiger partial charge on any atom is 0.156 e. The van der Waals surface area contributed by atoms with Gasteiger partial charge in [-0.2, -0.15) is 0 Å². The molecule has 1 spiro atoms. The van der Waals surface area contributed by atoms with Crippen molar-refractivity contribution < 1.29 is 9.15 Å². The number of hydrogen-bond donors (Lipinski definition) is 0. The standard InChI is InChI=1S/C76H59NO2/c1-73(2,3)50-39-42-54-55-43-40-51(74(4,5)6)46-65(55)76(64(54)45-50)62-33-17-20-38-70(62)79-72-63(76)34-22-36-68(72)77(67-35-18-14-28-57(67)59-30-21-31-60-58-29-15-19-37-69(58)78-71(59)60)52-41-44-56-53-27-13-16-32-61(53)75(66(56)47-52,48-23-9-7-10-24-48)49-25-11-8-12-26-49/h7-47H,1-6H3. The predicted molar refractivity (Wildman–Crippen MR) is 326 cm³/mol. The van der Waals surface area contributed by atoms with Gasteiger partial charge in [-0.25, -0.2) is 0 Å². The minimum absolute atomic E-state index is 0.0952. The highest BCUT2D eigenvalue weighted by Crippen LogP contribution is 2.65. The van der Waals surface area contributed by atoms with Gasteiger partial charge in [0.15, 0.2) is 5.75 Å². The third-order valence-corrected chi connectivity index (χ3v) is 17.6. The second-order valence-corrected chi connectivity index (χ2v) is 23.9. The van der Waals surface area contributed by atoms with E-state index in [1.54, 1.807) is 0 Å². The lowest BCUT2D eigenvalue weighted by Crippen LogP contribution is -2.33. The van der Waals surface area contributed by atoms with Gasteiger partial charge >= 0.3 is 0 Å². The number of benzene rings is 11. The normalized spacial score (nSPS) is 14.3. The second-order valence-electron chi connectivity index (χ2n) is 23.9. The molecule has 2 aliphatic carbocycles. The molecule has 0 unspecified atom stereocenters. The van der Waals surface area contributed by atoms with Crippen LogP contribution in [0.15, 0.2) is 253 Å². The van der Waals surface area contributed by atoms with Crippen LogP contribution in [0.5, 0.6) is 11.5 Å². The number of ether oxygens (including phenoxy) is 1. The summed E-state index contributed by atoms with van der Waals surface area (Å²) < 4.78 is 14.6. The van der Waals surface area contributed by atoms with Crippen molar-refractivity contribution in [1.82, 2.24) is 0 Å². The molecule has 0 N–H and O–H groups in total. The van der Waals surface area contributed by atoms with Gasteiger partial charge in [-0.15, -0.1) is 0 Å². The zero-order valence-corrected chi connectivity index (χ0v) is 45.4. The van der Waals surface area contributed by atoms with Gasteiger partial charge in [0.25, 0.3) is 0 Å². The molecule has 0 atom stereocenters. The van der Waals surface area contributed by atoms with Crippen LogP contribution in [-0.2, 0) is 21.7 Å². The van der Waals surface area contributed by atoms with Crippen molar-refractivity contribution in [2.24, 2.45) is 0 Å². The van der Waals surface area contributed by atoms with Crippen LogP contribution in [-0.4, -0.2) is 0 Å². The minimum Gasteiger partial charge on any atom is -0.455 e. The molecule has 3 heteroatoms. The number of anilines is 3. The second kappa shape index (κ2) is 17.2. The Balaban J connectivity index is 1.06. The van der Waals surface area contributed by atoms with Gasteiger partial charge in [0.2, 0.25) is 0 Å². The third kappa shape index (κ3) is 6.72. The molecule has 1 aliphatic heterocycles. The van der Waals surface area contributed by atoms with Gasteiger partial charge in [-0.3, -0.25) is 0 Å². The van der Waals surface area contributed by atoms with E-state index in [4.69, 9.17) is 9.15 Å². The van der Waals surface area contributed by atoms with Crippen LogP contribution in [0.25, 0.3) is 55.3 Å². The molecule has 0 fully saturated rings. The number of hydrogen-bond acceptors (Lipinski definition) is 3. The zero-order chi connectivity index (χ0) is 53.4. The predicted octanol–water partition coefficient (Wildman–Crippen LogP) is 20.1. The van der Waals surface area contributed by atoms with E-state index in [0.717, 1.165) is 72.8 Å². The van der Waals surface area contributed by atoms with E-state index < -0.39 is 10.8 Å². The third-order valence-electron chi connectivity index (χ3n) is 17.6. The van der Waals surface area contributed by atoms with Crippen LogP contribution in [0, 0.1) is 0 Å². The van der Waals surface area contributed by atoms with Crippen molar-refractivity contribution in [2.75, 3.05) is 4.90 Å². The molecule has 15 rings (SSSR count). The Morgan fingerprint density at radius 2 is 0.835 bits per heavy atom. The van der Waals surface area contributed by atoms with Crippen LogP contribution in [0.1, 0.15) is 97.2 Å². The van der Waals surface area contributed by atoms with Crippen molar-refractivity contribution in [3.63, 3.8) is 0 Å². The highest BCUT2D eigenvalue weighted by Gasteiger charge is 2.53. The average Bonchev–Trinajstić information content (AvgIpc) is 3.03. The number of para-hydroxylation sites is 5. The summed E-state index contributed by atoms with van der Waals surface area (Å²) in [6.07, 6.45) is 0. The Kier molecular flexibility index (Phi) is 10.2. The van der Waals surface area contributed by atoms with E-state index in [-0.39, 0.29) is 10.8 Å². The van der Waals surface area contributed by atoms with Gasteiger partial charge in [-0.1, -0.05) is 254 Å². The molecule has 12 aromatic rings. The first kappa shape index (κ1) is 47.1. The number of rotatable bonds is 6. The highest BCUT2D eigenvalue weighted by molar-refractivity contribution is 6.11. The van der Waals surface area contributed by atoms with E-state index in [1.807, 2.05) is 0 Å². The lowest BCUT2D eigenvalue weighted by Gasteiger charge is -2.42. The molecule has 3 nitrogen and oxygen atoms in total. The van der Waals surface area contributed by atoms with Crippen molar-refractivity contribution in [2.45, 2.75) is 63.2 Å². The van der Waals surface area contributed by atoms with Crippen molar-refractivity contribution in [3.8, 4) is 44.9 Å². The Morgan fingerprint density at radius 3 is 1.52 bits per heavy atom. The van der Waals surface area contributed by atoms with Crippen LogP contribution < -0.4 is 9.64 Å². The molecular formula is C76H59NO2. The number of nitrogens with zero attached hydrogens (tertiary/aromatic N) is 1. The first-order valence-electron chi connectivity index (χ1n) is 27.8. The van der Waals surface area contributed by atoms with Crippen molar-refractivity contribution >= 4 is 39.0 Å². The summed E-state index contributed by atoms with van der Waals surface area (Å²) in [6, 6.07) is 92.3. The maximum absolute atomic E-state index is 7.66. The zero-order valence-electron chi connectivity index (χ0n) is 45.4. The molecule has 1 aromatic heterocycles. The molecule has 79 heavy (non-hydrogen) atoms. The van der Waals surface area contributed by atoms with E-state index in [2.05, 4.69) is 295 Å². The summed E-state index contributed by atoms with van der Waals surface area (Å²) in [5, 5.41) is 2.18.